The molecule has 0 saturated heterocycles. The van der Waals surface area contributed by atoms with Gasteiger partial charge in [-0.15, -0.1) is 11.3 Å². The summed E-state index contributed by atoms with van der Waals surface area (Å²) in [6.07, 6.45) is 2.76. The monoisotopic (exact) mass is 383 g/mol. The van der Waals surface area contributed by atoms with Gasteiger partial charge in [-0.1, -0.05) is 24.3 Å². The van der Waals surface area contributed by atoms with Crippen LogP contribution < -0.4 is 0 Å². The highest BCUT2D eigenvalue weighted by atomic mass is 32.1. The van der Waals surface area contributed by atoms with Crippen LogP contribution in [0, 0.1) is 6.92 Å². The molecule has 0 unspecified atom stereocenters. The van der Waals surface area contributed by atoms with Gasteiger partial charge in [0.05, 0.1) is 10.9 Å². The van der Waals surface area contributed by atoms with Gasteiger partial charge in [0, 0.05) is 37.6 Å². The van der Waals surface area contributed by atoms with Gasteiger partial charge in [-0.25, -0.2) is 0 Å². The van der Waals surface area contributed by atoms with E-state index >= 15 is 0 Å². The van der Waals surface area contributed by atoms with Crippen molar-refractivity contribution in [3.05, 3.63) is 57.3 Å². The standard InChI is InChI=1S/C22H25NO3S/c1-15-7-13-21(27-15)20(25)12-9-17(24)10-14-22(26)23(2)19-11-8-16-5-3-4-6-18(16)19/h3-7,13,19H,8-12,14H2,1-2H3/t19-/m0/s1. The Bertz CT molecular complexity index is 855. The minimum atomic E-state index is -0.0230. The molecular formula is C22H25NO3S. The molecular weight excluding hydrogens is 358 g/mol. The summed E-state index contributed by atoms with van der Waals surface area (Å²) in [5.74, 6) is -0.0251. The second-order valence-corrected chi connectivity index (χ2v) is 8.42. The van der Waals surface area contributed by atoms with E-state index < -0.39 is 0 Å². The van der Waals surface area contributed by atoms with Crippen molar-refractivity contribution >= 4 is 28.8 Å². The van der Waals surface area contributed by atoms with Crippen LogP contribution in [0.4, 0.5) is 0 Å². The maximum Gasteiger partial charge on any atom is 0.223 e. The minimum Gasteiger partial charge on any atom is -0.339 e. The van der Waals surface area contributed by atoms with E-state index in [0.29, 0.717) is 4.88 Å². The second kappa shape index (κ2) is 8.61. The molecule has 1 amide bonds. The van der Waals surface area contributed by atoms with Crippen molar-refractivity contribution in [2.75, 3.05) is 7.05 Å². The Hall–Kier alpha value is -2.27. The van der Waals surface area contributed by atoms with Crippen LogP contribution in [-0.2, 0) is 16.0 Å². The number of thiophene rings is 1. The van der Waals surface area contributed by atoms with E-state index in [9.17, 15) is 14.4 Å². The first kappa shape index (κ1) is 19.5. The maximum atomic E-state index is 12.5. The Morgan fingerprint density at radius 2 is 1.78 bits per heavy atom. The molecule has 1 aromatic heterocycles. The van der Waals surface area contributed by atoms with Crippen molar-refractivity contribution in [3.8, 4) is 0 Å². The fraction of sp³-hybridized carbons (Fsp3) is 0.409. The third kappa shape index (κ3) is 4.72. The molecule has 0 saturated carbocycles. The van der Waals surface area contributed by atoms with E-state index in [4.69, 9.17) is 0 Å². The number of carbonyl (C=O) groups is 3. The number of nitrogens with zero attached hydrogens (tertiary/aromatic N) is 1. The topological polar surface area (TPSA) is 54.5 Å². The highest BCUT2D eigenvalue weighted by Crippen LogP contribution is 2.35. The van der Waals surface area contributed by atoms with Crippen LogP contribution in [0.3, 0.4) is 0 Å². The molecule has 0 spiro atoms. The molecule has 4 nitrogen and oxygen atoms in total. The molecule has 3 rings (SSSR count). The zero-order valence-corrected chi connectivity index (χ0v) is 16.7. The number of fused-ring (bicyclic) bond motifs is 1. The Balaban J connectivity index is 1.45. The van der Waals surface area contributed by atoms with Crippen LogP contribution >= 0.6 is 11.3 Å². The molecule has 1 aromatic carbocycles. The molecule has 142 valence electrons. The smallest absolute Gasteiger partial charge is 0.223 e. The third-order valence-electron chi connectivity index (χ3n) is 5.23. The lowest BCUT2D eigenvalue weighted by atomic mass is 10.1. The van der Waals surface area contributed by atoms with Gasteiger partial charge in [-0.3, -0.25) is 14.4 Å². The summed E-state index contributed by atoms with van der Waals surface area (Å²) in [6.45, 7) is 1.96. The lowest BCUT2D eigenvalue weighted by Gasteiger charge is -2.25. The Morgan fingerprint density at radius 3 is 2.52 bits per heavy atom. The normalized spacial score (nSPS) is 15.4. The molecule has 1 heterocycles. The maximum absolute atomic E-state index is 12.5. The van der Waals surface area contributed by atoms with Crippen LogP contribution in [0.5, 0.6) is 0 Å². The van der Waals surface area contributed by atoms with Crippen LogP contribution in [0.25, 0.3) is 0 Å². The lowest BCUT2D eigenvalue weighted by molar-refractivity contribution is -0.134. The highest BCUT2D eigenvalue weighted by molar-refractivity contribution is 7.14. The summed E-state index contributed by atoms with van der Waals surface area (Å²) in [5.41, 5.74) is 2.53. The van der Waals surface area contributed by atoms with Gasteiger partial charge < -0.3 is 4.90 Å². The SMILES string of the molecule is Cc1ccc(C(=O)CCC(=O)CCC(=O)N(C)[C@H]2CCc3ccccc32)s1. The molecule has 0 N–H and O–H groups in total. The number of aryl methyl sites for hydroxylation is 2. The van der Waals surface area contributed by atoms with Crippen LogP contribution in [0.1, 0.15) is 63.8 Å². The van der Waals surface area contributed by atoms with Gasteiger partial charge >= 0.3 is 0 Å². The van der Waals surface area contributed by atoms with Gasteiger partial charge in [-0.2, -0.15) is 0 Å². The molecule has 2 aromatic rings. The first-order valence-corrected chi connectivity index (χ1v) is 10.2. The Morgan fingerprint density at radius 1 is 1.04 bits per heavy atom. The highest BCUT2D eigenvalue weighted by Gasteiger charge is 2.28. The fourth-order valence-electron chi connectivity index (χ4n) is 3.62. The second-order valence-electron chi connectivity index (χ2n) is 7.13. The summed E-state index contributed by atoms with van der Waals surface area (Å²) in [7, 11) is 1.82. The molecule has 0 aliphatic heterocycles. The van der Waals surface area contributed by atoms with Crippen molar-refractivity contribution in [2.24, 2.45) is 0 Å². The number of rotatable bonds is 8. The molecule has 5 heteroatoms. The molecule has 1 aliphatic carbocycles. The van der Waals surface area contributed by atoms with Crippen LogP contribution in [0.2, 0.25) is 0 Å². The van der Waals surface area contributed by atoms with Gasteiger partial charge in [-0.05, 0) is 43.0 Å². The summed E-state index contributed by atoms with van der Waals surface area (Å²) < 4.78 is 0. The van der Waals surface area contributed by atoms with Crippen molar-refractivity contribution in [2.45, 2.75) is 51.5 Å². The first-order valence-electron chi connectivity index (χ1n) is 9.40. The number of hydrogen-bond acceptors (Lipinski definition) is 4. The number of benzene rings is 1. The fourth-order valence-corrected chi connectivity index (χ4v) is 4.45. The largest absolute Gasteiger partial charge is 0.339 e. The van der Waals surface area contributed by atoms with E-state index in [2.05, 4.69) is 12.1 Å². The first-order chi connectivity index (χ1) is 13.0. The minimum absolute atomic E-state index is 0.00690. The summed E-state index contributed by atoms with van der Waals surface area (Å²) in [4.78, 5) is 40.3. The Labute approximate surface area is 164 Å². The number of Topliss-reactive ketones (excluding diaryl/α,β-unsaturated/α-hetero) is 2. The van der Waals surface area contributed by atoms with Gasteiger partial charge in [0.2, 0.25) is 5.91 Å². The van der Waals surface area contributed by atoms with Crippen LogP contribution in [-0.4, -0.2) is 29.4 Å². The summed E-state index contributed by atoms with van der Waals surface area (Å²) >= 11 is 1.46. The predicted octanol–water partition coefficient (Wildman–Crippen LogP) is 4.51. The molecule has 0 radical (unpaired) electrons. The average Bonchev–Trinajstić information content (AvgIpc) is 3.29. The van der Waals surface area contributed by atoms with Crippen LogP contribution in [0.15, 0.2) is 36.4 Å². The molecule has 0 fully saturated rings. The zero-order chi connectivity index (χ0) is 19.4. The zero-order valence-electron chi connectivity index (χ0n) is 15.9. The lowest BCUT2D eigenvalue weighted by Crippen LogP contribution is -2.30. The van der Waals surface area contributed by atoms with E-state index in [0.717, 1.165) is 17.7 Å². The average molecular weight is 384 g/mol. The van der Waals surface area contributed by atoms with Gasteiger partial charge in [0.15, 0.2) is 5.78 Å². The molecule has 1 atom stereocenters. The molecule has 1 aliphatic rings. The number of carbonyl (C=O) groups excluding carboxylic acids is 3. The number of ketones is 2. The number of amides is 1. The van der Waals surface area contributed by atoms with Crippen molar-refractivity contribution < 1.29 is 14.4 Å². The van der Waals surface area contributed by atoms with E-state index in [-0.39, 0.29) is 49.2 Å². The van der Waals surface area contributed by atoms with Gasteiger partial charge in [0.25, 0.3) is 0 Å². The molecule has 0 bridgehead atoms. The predicted molar refractivity (Wildman–Crippen MR) is 107 cm³/mol. The van der Waals surface area contributed by atoms with Gasteiger partial charge in [0.1, 0.15) is 5.78 Å². The summed E-state index contributed by atoms with van der Waals surface area (Å²) in [6, 6.07) is 12.1. The van der Waals surface area contributed by atoms with E-state index in [1.165, 1.54) is 22.5 Å². The molecule has 27 heavy (non-hydrogen) atoms. The third-order valence-corrected chi connectivity index (χ3v) is 6.27. The van der Waals surface area contributed by atoms with Crippen molar-refractivity contribution in [3.63, 3.8) is 0 Å². The Kier molecular flexibility index (Phi) is 6.22. The quantitative estimate of drug-likeness (QED) is 0.630. The van der Waals surface area contributed by atoms with Crippen molar-refractivity contribution in [1.82, 2.24) is 4.90 Å². The van der Waals surface area contributed by atoms with Crippen molar-refractivity contribution in [1.29, 1.82) is 0 Å². The van der Waals surface area contributed by atoms with E-state index in [1.54, 1.807) is 4.90 Å². The summed E-state index contributed by atoms with van der Waals surface area (Å²) in [5, 5.41) is 0. The van der Waals surface area contributed by atoms with E-state index in [1.807, 2.05) is 38.2 Å². The number of hydrogen-bond donors (Lipinski definition) is 0.